The Morgan fingerprint density at radius 2 is 1.82 bits per heavy atom. The van der Waals surface area contributed by atoms with Crippen molar-refractivity contribution in [1.29, 1.82) is 0 Å². The molecule has 11 heteroatoms. The summed E-state index contributed by atoms with van der Waals surface area (Å²) in [6.45, 7) is -0.379. The molecule has 1 atom stereocenters. The fourth-order valence-electron chi connectivity index (χ4n) is 3.44. The van der Waals surface area contributed by atoms with E-state index in [0.717, 1.165) is 5.69 Å². The SMILES string of the molecule is NC(Cc1ccc(-n2cccn2)cc1)(c1cccc(NCC(=O)O)n1)S(=O)(=O)c1ccccn1. The zero-order chi connectivity index (χ0) is 24.2. The van der Waals surface area contributed by atoms with E-state index >= 15 is 0 Å². The summed E-state index contributed by atoms with van der Waals surface area (Å²) in [6.07, 6.45) is 4.74. The van der Waals surface area contributed by atoms with Crippen molar-refractivity contribution in [2.75, 3.05) is 11.9 Å². The molecule has 4 N–H and O–H groups in total. The summed E-state index contributed by atoms with van der Waals surface area (Å²) >= 11 is 0. The van der Waals surface area contributed by atoms with Gasteiger partial charge in [0.25, 0.3) is 0 Å². The van der Waals surface area contributed by atoms with Gasteiger partial charge in [-0.25, -0.2) is 23.1 Å². The monoisotopic (exact) mass is 478 g/mol. The number of nitrogens with zero attached hydrogens (tertiary/aromatic N) is 4. The van der Waals surface area contributed by atoms with Gasteiger partial charge in [0.2, 0.25) is 9.84 Å². The average molecular weight is 479 g/mol. The van der Waals surface area contributed by atoms with E-state index < -0.39 is 20.7 Å². The molecule has 0 bridgehead atoms. The van der Waals surface area contributed by atoms with E-state index in [4.69, 9.17) is 10.8 Å². The molecule has 4 aromatic rings. The summed E-state index contributed by atoms with van der Waals surface area (Å²) in [6, 6.07) is 18.2. The van der Waals surface area contributed by atoms with Crippen molar-refractivity contribution >= 4 is 21.6 Å². The van der Waals surface area contributed by atoms with Gasteiger partial charge in [0.1, 0.15) is 12.4 Å². The number of hydrogen-bond donors (Lipinski definition) is 3. The van der Waals surface area contributed by atoms with Crippen LogP contribution in [-0.2, 0) is 25.9 Å². The number of sulfone groups is 1. The molecule has 1 unspecified atom stereocenters. The highest BCUT2D eigenvalue weighted by molar-refractivity contribution is 7.92. The topological polar surface area (TPSA) is 153 Å². The minimum absolute atomic E-state index is 0.0599. The highest BCUT2D eigenvalue weighted by Crippen LogP contribution is 2.33. The molecule has 34 heavy (non-hydrogen) atoms. The van der Waals surface area contributed by atoms with Crippen LogP contribution in [0, 0.1) is 0 Å². The zero-order valence-electron chi connectivity index (χ0n) is 17.9. The van der Waals surface area contributed by atoms with E-state index in [1.807, 2.05) is 12.1 Å². The predicted molar refractivity (Wildman–Crippen MR) is 125 cm³/mol. The van der Waals surface area contributed by atoms with Crippen molar-refractivity contribution in [2.45, 2.75) is 16.3 Å². The lowest BCUT2D eigenvalue weighted by molar-refractivity contribution is -0.134. The predicted octanol–water partition coefficient (Wildman–Crippen LogP) is 1.99. The average Bonchev–Trinajstić information content (AvgIpc) is 3.39. The third-order valence-corrected chi connectivity index (χ3v) is 7.27. The number of pyridine rings is 2. The van der Waals surface area contributed by atoms with Crippen molar-refractivity contribution in [3.63, 3.8) is 0 Å². The lowest BCUT2D eigenvalue weighted by Crippen LogP contribution is -2.47. The minimum atomic E-state index is -4.21. The van der Waals surface area contributed by atoms with Gasteiger partial charge in [0.05, 0.1) is 11.4 Å². The first kappa shape index (κ1) is 23.1. The number of aliphatic carboxylic acids is 1. The Morgan fingerprint density at radius 3 is 2.47 bits per heavy atom. The number of rotatable bonds is 9. The molecule has 10 nitrogen and oxygen atoms in total. The Morgan fingerprint density at radius 1 is 1.03 bits per heavy atom. The van der Waals surface area contributed by atoms with Gasteiger partial charge >= 0.3 is 5.97 Å². The standard InChI is InChI=1S/C23H22N6O4S/c24-23(34(32,33)21-7-1-2-12-25-21,19-5-3-6-20(28-19)26-16-22(30)31)15-17-8-10-18(11-9-17)29-14-4-13-27-29/h1-14H,15-16,24H2,(H,26,28)(H,30,31). The molecular formula is C23H22N6O4S. The van der Waals surface area contributed by atoms with Crippen molar-refractivity contribution in [2.24, 2.45) is 5.73 Å². The summed E-state index contributed by atoms with van der Waals surface area (Å²) in [5.74, 6) is -0.885. The number of nitrogens with one attached hydrogen (secondary N) is 1. The minimum Gasteiger partial charge on any atom is -0.480 e. The largest absolute Gasteiger partial charge is 0.480 e. The molecular weight excluding hydrogens is 456 g/mol. The fourth-order valence-corrected chi connectivity index (χ4v) is 5.02. The Kier molecular flexibility index (Phi) is 6.39. The molecule has 0 aliphatic carbocycles. The lowest BCUT2D eigenvalue weighted by atomic mass is 10.0. The number of aromatic nitrogens is 4. The maximum Gasteiger partial charge on any atom is 0.322 e. The first-order valence-electron chi connectivity index (χ1n) is 10.3. The van der Waals surface area contributed by atoms with E-state index in [-0.39, 0.29) is 29.5 Å². The molecule has 0 aliphatic heterocycles. The van der Waals surface area contributed by atoms with Crippen molar-refractivity contribution in [1.82, 2.24) is 19.7 Å². The zero-order valence-corrected chi connectivity index (χ0v) is 18.8. The number of carbonyl (C=O) groups is 1. The molecule has 174 valence electrons. The maximum atomic E-state index is 13.7. The van der Waals surface area contributed by atoms with Gasteiger partial charge in [-0.3, -0.25) is 4.79 Å². The number of benzene rings is 1. The van der Waals surface area contributed by atoms with E-state index in [9.17, 15) is 13.2 Å². The third-order valence-electron chi connectivity index (χ3n) is 5.17. The highest BCUT2D eigenvalue weighted by Gasteiger charge is 2.45. The summed E-state index contributed by atoms with van der Waals surface area (Å²) in [4.78, 5) is 17.3. The van der Waals surface area contributed by atoms with Crippen LogP contribution in [0.4, 0.5) is 5.82 Å². The van der Waals surface area contributed by atoms with E-state index in [2.05, 4.69) is 20.4 Å². The summed E-state index contributed by atoms with van der Waals surface area (Å²) in [5.41, 5.74) is 8.19. The molecule has 0 amide bonds. The molecule has 3 heterocycles. The van der Waals surface area contributed by atoms with Gasteiger partial charge in [0, 0.05) is 25.0 Å². The van der Waals surface area contributed by atoms with Crippen LogP contribution in [0.25, 0.3) is 5.69 Å². The summed E-state index contributed by atoms with van der Waals surface area (Å²) < 4.78 is 29.2. The molecule has 0 fully saturated rings. The Bertz CT molecular complexity index is 1380. The molecule has 4 rings (SSSR count). The van der Waals surface area contributed by atoms with E-state index in [1.165, 1.54) is 18.3 Å². The molecule has 0 spiro atoms. The normalized spacial score (nSPS) is 13.2. The summed E-state index contributed by atoms with van der Waals surface area (Å²) in [7, 11) is -4.21. The number of hydrogen-bond acceptors (Lipinski definition) is 8. The van der Waals surface area contributed by atoms with Gasteiger partial charge in [-0.1, -0.05) is 24.3 Å². The Hall–Kier alpha value is -4.09. The second kappa shape index (κ2) is 9.41. The van der Waals surface area contributed by atoms with Gasteiger partial charge < -0.3 is 16.2 Å². The number of anilines is 1. The van der Waals surface area contributed by atoms with Crippen molar-refractivity contribution < 1.29 is 18.3 Å². The van der Waals surface area contributed by atoms with Gasteiger partial charge in [0.15, 0.2) is 9.90 Å². The molecule has 0 aliphatic rings. The second-order valence-electron chi connectivity index (χ2n) is 7.51. The van der Waals surface area contributed by atoms with Crippen LogP contribution < -0.4 is 11.1 Å². The smallest absolute Gasteiger partial charge is 0.322 e. The first-order chi connectivity index (χ1) is 16.3. The van der Waals surface area contributed by atoms with Crippen LogP contribution in [0.15, 0.2) is 90.3 Å². The van der Waals surface area contributed by atoms with Crippen molar-refractivity contribution in [3.05, 3.63) is 96.6 Å². The van der Waals surface area contributed by atoms with Gasteiger partial charge in [-0.2, -0.15) is 5.10 Å². The fraction of sp³-hybridized carbons (Fsp3) is 0.130. The Labute approximate surface area is 196 Å². The third kappa shape index (κ3) is 4.65. The molecule has 0 saturated carbocycles. The molecule has 0 saturated heterocycles. The number of carboxylic acids is 1. The molecule has 3 aromatic heterocycles. The first-order valence-corrected chi connectivity index (χ1v) is 11.7. The van der Waals surface area contributed by atoms with Crippen LogP contribution in [0.1, 0.15) is 11.3 Å². The van der Waals surface area contributed by atoms with Crippen LogP contribution in [0.2, 0.25) is 0 Å². The van der Waals surface area contributed by atoms with Crippen LogP contribution in [0.5, 0.6) is 0 Å². The van der Waals surface area contributed by atoms with Crippen LogP contribution in [-0.4, -0.2) is 45.8 Å². The molecule has 1 aromatic carbocycles. The highest BCUT2D eigenvalue weighted by atomic mass is 32.2. The Balaban J connectivity index is 1.76. The summed E-state index contributed by atoms with van der Waals surface area (Å²) in [5, 5.41) is 15.6. The van der Waals surface area contributed by atoms with Crippen molar-refractivity contribution in [3.8, 4) is 5.69 Å². The van der Waals surface area contributed by atoms with Gasteiger partial charge in [-0.15, -0.1) is 0 Å². The number of carboxylic acid groups (broad SMARTS) is 1. The van der Waals surface area contributed by atoms with E-state index in [1.54, 1.807) is 59.5 Å². The van der Waals surface area contributed by atoms with Crippen LogP contribution >= 0.6 is 0 Å². The number of nitrogens with two attached hydrogens (primary N) is 1. The molecule has 0 radical (unpaired) electrons. The second-order valence-corrected chi connectivity index (χ2v) is 9.66. The quantitative estimate of drug-likeness (QED) is 0.328. The maximum absolute atomic E-state index is 13.7. The van der Waals surface area contributed by atoms with E-state index in [0.29, 0.717) is 5.56 Å². The van der Waals surface area contributed by atoms with Gasteiger partial charge in [-0.05, 0) is 48.0 Å². The van der Waals surface area contributed by atoms with Crippen LogP contribution in [0.3, 0.4) is 0 Å². The lowest BCUT2D eigenvalue weighted by Gasteiger charge is -2.29.